The number of amides is 1. The summed E-state index contributed by atoms with van der Waals surface area (Å²) in [5.74, 6) is 1.72. The lowest BCUT2D eigenvalue weighted by Crippen LogP contribution is -2.41. The molecule has 0 aliphatic carbocycles. The van der Waals surface area contributed by atoms with Crippen LogP contribution in [0.1, 0.15) is 18.4 Å². The molecular formula is C22H26N4O3S. The van der Waals surface area contributed by atoms with Gasteiger partial charge in [-0.2, -0.15) is 0 Å². The van der Waals surface area contributed by atoms with Crippen LogP contribution in [0, 0.1) is 5.92 Å². The van der Waals surface area contributed by atoms with Crippen LogP contribution in [0.4, 0.5) is 5.13 Å². The Morgan fingerprint density at radius 2 is 2.07 bits per heavy atom. The van der Waals surface area contributed by atoms with E-state index >= 15 is 0 Å². The molecule has 1 aliphatic rings. The molecule has 1 aliphatic heterocycles. The normalized spacial score (nSPS) is 14.7. The molecule has 1 saturated heterocycles. The van der Waals surface area contributed by atoms with E-state index < -0.39 is 0 Å². The number of rotatable bonds is 7. The lowest BCUT2D eigenvalue weighted by molar-refractivity contribution is -0.125. The van der Waals surface area contributed by atoms with Crippen molar-refractivity contribution in [3.05, 3.63) is 42.1 Å². The molecule has 0 atom stereocenters. The van der Waals surface area contributed by atoms with Gasteiger partial charge in [-0.25, -0.2) is 9.97 Å². The molecule has 158 valence electrons. The molecular weight excluding hydrogens is 400 g/mol. The van der Waals surface area contributed by atoms with Crippen molar-refractivity contribution in [2.75, 3.05) is 38.8 Å². The van der Waals surface area contributed by atoms with E-state index in [1.165, 1.54) is 0 Å². The number of hydrogen-bond acceptors (Lipinski definition) is 7. The van der Waals surface area contributed by atoms with E-state index in [2.05, 4.69) is 20.2 Å². The summed E-state index contributed by atoms with van der Waals surface area (Å²) in [5.41, 5.74) is 1.99. The Kier molecular flexibility index (Phi) is 6.32. The predicted molar refractivity (Wildman–Crippen MR) is 119 cm³/mol. The van der Waals surface area contributed by atoms with Crippen LogP contribution in [-0.4, -0.2) is 49.7 Å². The highest BCUT2D eigenvalue weighted by atomic mass is 32.1. The number of benzene rings is 1. The average molecular weight is 427 g/mol. The van der Waals surface area contributed by atoms with Crippen LogP contribution in [0.5, 0.6) is 11.5 Å². The summed E-state index contributed by atoms with van der Waals surface area (Å²) in [7, 11) is 3.28. The number of nitrogens with one attached hydrogen (secondary N) is 1. The van der Waals surface area contributed by atoms with Gasteiger partial charge in [-0.15, -0.1) is 0 Å². The summed E-state index contributed by atoms with van der Waals surface area (Å²) in [6, 6.07) is 9.65. The highest BCUT2D eigenvalue weighted by Gasteiger charge is 2.26. The molecule has 3 heterocycles. The van der Waals surface area contributed by atoms with E-state index in [9.17, 15) is 4.79 Å². The molecule has 7 nitrogen and oxygen atoms in total. The number of hydrogen-bond donors (Lipinski definition) is 1. The molecule has 0 spiro atoms. The SMILES string of the molecule is COc1ccc(CCNC(=O)C2CCN(c3nc4cccnc4s3)CC2)c(OC)c1. The minimum absolute atomic E-state index is 0.0477. The van der Waals surface area contributed by atoms with Gasteiger partial charge in [0.15, 0.2) is 5.13 Å². The van der Waals surface area contributed by atoms with Gasteiger partial charge in [0.25, 0.3) is 0 Å². The number of anilines is 1. The maximum absolute atomic E-state index is 12.6. The van der Waals surface area contributed by atoms with Crippen LogP contribution in [-0.2, 0) is 11.2 Å². The van der Waals surface area contributed by atoms with Crippen molar-refractivity contribution < 1.29 is 14.3 Å². The predicted octanol–water partition coefficient (Wildman–Crippen LogP) is 3.28. The first-order valence-electron chi connectivity index (χ1n) is 10.1. The van der Waals surface area contributed by atoms with Crippen LogP contribution < -0.4 is 19.7 Å². The fraction of sp³-hybridized carbons (Fsp3) is 0.409. The number of ether oxygens (including phenoxy) is 2. The Morgan fingerprint density at radius 3 is 2.80 bits per heavy atom. The second-order valence-corrected chi connectivity index (χ2v) is 8.26. The Bertz CT molecular complexity index is 982. The first kappa shape index (κ1) is 20.4. The molecule has 8 heteroatoms. The number of methoxy groups -OCH3 is 2. The van der Waals surface area contributed by atoms with Crippen molar-refractivity contribution >= 4 is 32.7 Å². The number of carbonyl (C=O) groups is 1. The summed E-state index contributed by atoms with van der Waals surface area (Å²) in [6.07, 6.45) is 4.18. The van der Waals surface area contributed by atoms with Crippen molar-refractivity contribution in [3.8, 4) is 11.5 Å². The number of thiazole rings is 1. The van der Waals surface area contributed by atoms with Crippen LogP contribution in [0.2, 0.25) is 0 Å². The van der Waals surface area contributed by atoms with E-state index in [0.717, 1.165) is 64.9 Å². The molecule has 0 unspecified atom stereocenters. The van der Waals surface area contributed by atoms with Gasteiger partial charge in [-0.1, -0.05) is 17.4 Å². The van der Waals surface area contributed by atoms with Gasteiger partial charge in [-0.05, 0) is 43.0 Å². The van der Waals surface area contributed by atoms with E-state index in [0.29, 0.717) is 6.54 Å². The van der Waals surface area contributed by atoms with Crippen molar-refractivity contribution in [3.63, 3.8) is 0 Å². The third-order valence-corrected chi connectivity index (χ3v) is 6.52. The molecule has 0 radical (unpaired) electrons. The molecule has 4 rings (SSSR count). The minimum Gasteiger partial charge on any atom is -0.497 e. The fourth-order valence-electron chi connectivity index (χ4n) is 3.75. The van der Waals surface area contributed by atoms with Gasteiger partial charge in [-0.3, -0.25) is 4.79 Å². The number of piperidine rings is 1. The number of carbonyl (C=O) groups excluding carboxylic acids is 1. The third kappa shape index (κ3) is 4.48. The molecule has 2 aromatic heterocycles. The summed E-state index contributed by atoms with van der Waals surface area (Å²) >= 11 is 1.61. The minimum atomic E-state index is 0.0477. The van der Waals surface area contributed by atoms with Gasteiger partial charge in [0, 0.05) is 37.8 Å². The molecule has 30 heavy (non-hydrogen) atoms. The monoisotopic (exact) mass is 426 g/mol. The van der Waals surface area contributed by atoms with Crippen LogP contribution in [0.15, 0.2) is 36.5 Å². The first-order valence-corrected chi connectivity index (χ1v) is 10.9. The van der Waals surface area contributed by atoms with Crippen molar-refractivity contribution in [2.45, 2.75) is 19.3 Å². The van der Waals surface area contributed by atoms with Gasteiger partial charge >= 0.3 is 0 Å². The summed E-state index contributed by atoms with van der Waals surface area (Å²) in [6.45, 7) is 2.26. The van der Waals surface area contributed by atoms with E-state index in [1.54, 1.807) is 31.8 Å². The zero-order valence-corrected chi connectivity index (χ0v) is 18.1. The number of pyridine rings is 1. The van der Waals surface area contributed by atoms with Crippen LogP contribution in [0.25, 0.3) is 10.3 Å². The van der Waals surface area contributed by atoms with Gasteiger partial charge in [0.05, 0.1) is 14.2 Å². The molecule has 1 amide bonds. The molecule has 1 aromatic carbocycles. The second-order valence-electron chi connectivity index (χ2n) is 7.30. The van der Waals surface area contributed by atoms with Gasteiger partial charge in [0.2, 0.25) is 5.91 Å². The number of fused-ring (bicyclic) bond motifs is 1. The Labute approximate surface area is 180 Å². The Morgan fingerprint density at radius 1 is 1.23 bits per heavy atom. The third-order valence-electron chi connectivity index (χ3n) is 5.48. The Balaban J connectivity index is 1.26. The van der Waals surface area contributed by atoms with Crippen LogP contribution >= 0.6 is 11.3 Å². The first-order chi connectivity index (χ1) is 14.7. The van der Waals surface area contributed by atoms with Crippen molar-refractivity contribution in [1.82, 2.24) is 15.3 Å². The maximum Gasteiger partial charge on any atom is 0.223 e. The zero-order chi connectivity index (χ0) is 20.9. The molecule has 1 fully saturated rings. The highest BCUT2D eigenvalue weighted by molar-refractivity contribution is 7.21. The van der Waals surface area contributed by atoms with Crippen molar-refractivity contribution in [2.24, 2.45) is 5.92 Å². The van der Waals surface area contributed by atoms with E-state index in [4.69, 9.17) is 9.47 Å². The standard InChI is InChI=1S/C22H26N4O3S/c1-28-17-6-5-15(19(14-17)29-2)7-11-23-20(27)16-8-12-26(13-9-16)22-25-18-4-3-10-24-21(18)30-22/h3-6,10,14,16H,7-9,11-13H2,1-2H3,(H,23,27). The maximum atomic E-state index is 12.6. The van der Waals surface area contributed by atoms with Crippen LogP contribution in [0.3, 0.4) is 0 Å². The van der Waals surface area contributed by atoms with E-state index in [1.807, 2.05) is 30.3 Å². The van der Waals surface area contributed by atoms with Gasteiger partial charge < -0.3 is 19.7 Å². The molecule has 3 aromatic rings. The number of aromatic nitrogens is 2. The lowest BCUT2D eigenvalue weighted by atomic mass is 9.96. The molecule has 0 saturated carbocycles. The summed E-state index contributed by atoms with van der Waals surface area (Å²) < 4.78 is 10.7. The smallest absolute Gasteiger partial charge is 0.223 e. The second kappa shape index (κ2) is 9.30. The number of nitrogens with zero attached hydrogens (tertiary/aromatic N) is 3. The lowest BCUT2D eigenvalue weighted by Gasteiger charge is -2.31. The van der Waals surface area contributed by atoms with E-state index in [-0.39, 0.29) is 11.8 Å². The molecule has 0 bridgehead atoms. The topological polar surface area (TPSA) is 76.6 Å². The summed E-state index contributed by atoms with van der Waals surface area (Å²) in [5, 5.41) is 4.08. The largest absolute Gasteiger partial charge is 0.497 e. The summed E-state index contributed by atoms with van der Waals surface area (Å²) in [4.78, 5) is 24.9. The molecule has 1 N–H and O–H groups in total. The zero-order valence-electron chi connectivity index (χ0n) is 17.3. The van der Waals surface area contributed by atoms with Crippen molar-refractivity contribution in [1.29, 1.82) is 0 Å². The fourth-order valence-corrected chi connectivity index (χ4v) is 4.71. The Hall–Kier alpha value is -2.87. The van der Waals surface area contributed by atoms with Gasteiger partial charge in [0.1, 0.15) is 21.8 Å². The average Bonchev–Trinajstić information content (AvgIpc) is 3.23. The quantitative estimate of drug-likeness (QED) is 0.625. The highest BCUT2D eigenvalue weighted by Crippen LogP contribution is 2.30.